The highest BCUT2D eigenvalue weighted by molar-refractivity contribution is 7.09. The van der Waals surface area contributed by atoms with Gasteiger partial charge in [0.05, 0.1) is 17.7 Å². The molecule has 0 spiro atoms. The van der Waals surface area contributed by atoms with Gasteiger partial charge in [0.25, 0.3) is 0 Å². The van der Waals surface area contributed by atoms with Crippen LogP contribution in [0.3, 0.4) is 0 Å². The Bertz CT molecular complexity index is 462. The van der Waals surface area contributed by atoms with Crippen molar-refractivity contribution in [2.45, 2.75) is 19.6 Å². The van der Waals surface area contributed by atoms with Gasteiger partial charge in [0, 0.05) is 11.4 Å². The van der Waals surface area contributed by atoms with Gasteiger partial charge in [-0.05, 0) is 14.0 Å². The first-order valence-electron chi connectivity index (χ1n) is 5.13. The number of aryl methyl sites for hydroxylation is 1. The van der Waals surface area contributed by atoms with Crippen molar-refractivity contribution in [2.24, 2.45) is 0 Å². The van der Waals surface area contributed by atoms with Crippen LogP contribution in [0.25, 0.3) is 0 Å². The van der Waals surface area contributed by atoms with Gasteiger partial charge in [-0.1, -0.05) is 0 Å². The van der Waals surface area contributed by atoms with Gasteiger partial charge in [-0.2, -0.15) is 13.2 Å². The summed E-state index contributed by atoms with van der Waals surface area (Å²) in [5.41, 5.74) is 2.77. The number of rotatable bonds is 4. The number of carboxylic acid groups (broad SMARTS) is 2. The predicted octanol–water partition coefficient (Wildman–Crippen LogP) is 1.60. The highest BCUT2D eigenvalue weighted by atomic mass is 32.1. The van der Waals surface area contributed by atoms with Crippen LogP contribution in [-0.4, -0.2) is 51.8 Å². The smallest absolute Gasteiger partial charge is 0.480 e. The van der Waals surface area contributed by atoms with E-state index in [2.05, 4.69) is 4.98 Å². The Hall–Kier alpha value is -1.68. The molecule has 0 amide bonds. The second-order valence-electron chi connectivity index (χ2n) is 3.73. The lowest BCUT2D eigenvalue weighted by atomic mass is 10.3. The number of hydrogen-bond donors (Lipinski definition) is 2. The molecule has 10 heteroatoms. The quantitative estimate of drug-likeness (QED) is 0.877. The van der Waals surface area contributed by atoms with Gasteiger partial charge in [0.1, 0.15) is 0 Å². The van der Waals surface area contributed by atoms with Crippen molar-refractivity contribution in [2.75, 3.05) is 13.6 Å². The standard InChI is InChI=1S/C8H12N2O2S.C2HF3O2/c1-6-7(13-5-9-6)3-10(2)4-8(11)12;3-2(4,5)1(6)7/h5H,3-4H2,1-2H3,(H,11,12);(H,6,7). The van der Waals surface area contributed by atoms with Crippen LogP contribution in [-0.2, 0) is 16.1 Å². The van der Waals surface area contributed by atoms with Crippen molar-refractivity contribution in [1.29, 1.82) is 0 Å². The third-order valence-electron chi connectivity index (χ3n) is 1.91. The Balaban J connectivity index is 0.000000441. The molecule has 1 aromatic rings. The maximum absolute atomic E-state index is 10.6. The number of hydrogen-bond acceptors (Lipinski definition) is 5. The predicted molar refractivity (Wildman–Crippen MR) is 64.5 cm³/mol. The molecule has 1 rings (SSSR count). The summed E-state index contributed by atoms with van der Waals surface area (Å²) in [5, 5.41) is 15.7. The highest BCUT2D eigenvalue weighted by Crippen LogP contribution is 2.14. The van der Waals surface area contributed by atoms with Crippen LogP contribution >= 0.6 is 11.3 Å². The van der Waals surface area contributed by atoms with Crippen molar-refractivity contribution < 1.29 is 33.0 Å². The molecule has 0 saturated heterocycles. The number of alkyl halides is 3. The zero-order valence-electron chi connectivity index (χ0n) is 10.6. The number of nitrogens with zero attached hydrogens (tertiary/aromatic N) is 2. The molecule has 0 fully saturated rings. The third-order valence-corrected chi connectivity index (χ3v) is 2.83. The summed E-state index contributed by atoms with van der Waals surface area (Å²) in [4.78, 5) is 26.2. The topological polar surface area (TPSA) is 90.7 Å². The number of halogens is 3. The molecule has 0 bridgehead atoms. The van der Waals surface area contributed by atoms with E-state index in [1.165, 1.54) is 0 Å². The molecule has 20 heavy (non-hydrogen) atoms. The summed E-state index contributed by atoms with van der Waals surface area (Å²) < 4.78 is 31.7. The number of thiazole rings is 1. The molecule has 0 aliphatic heterocycles. The number of aromatic nitrogens is 1. The lowest BCUT2D eigenvalue weighted by molar-refractivity contribution is -0.192. The van der Waals surface area contributed by atoms with Crippen LogP contribution in [0.5, 0.6) is 0 Å². The van der Waals surface area contributed by atoms with E-state index in [0.717, 1.165) is 10.6 Å². The van der Waals surface area contributed by atoms with Crippen LogP contribution in [0.1, 0.15) is 10.6 Å². The maximum Gasteiger partial charge on any atom is 0.490 e. The molecular weight excluding hydrogens is 301 g/mol. The normalized spacial score (nSPS) is 10.9. The largest absolute Gasteiger partial charge is 0.490 e. The Morgan fingerprint density at radius 3 is 2.20 bits per heavy atom. The molecular formula is C10H13F3N2O4S. The monoisotopic (exact) mass is 314 g/mol. The molecule has 0 atom stereocenters. The van der Waals surface area contributed by atoms with Crippen molar-refractivity contribution in [3.63, 3.8) is 0 Å². The fraction of sp³-hybridized carbons (Fsp3) is 0.500. The van der Waals surface area contributed by atoms with Crippen LogP contribution < -0.4 is 0 Å². The highest BCUT2D eigenvalue weighted by Gasteiger charge is 2.38. The maximum atomic E-state index is 10.6. The summed E-state index contributed by atoms with van der Waals surface area (Å²) in [6, 6.07) is 0. The van der Waals surface area contributed by atoms with Crippen LogP contribution in [0.4, 0.5) is 13.2 Å². The minimum absolute atomic E-state index is 0.0668. The van der Waals surface area contributed by atoms with Crippen LogP contribution in [0, 0.1) is 6.92 Å². The van der Waals surface area contributed by atoms with E-state index >= 15 is 0 Å². The van der Waals surface area contributed by atoms with E-state index in [-0.39, 0.29) is 6.54 Å². The van der Waals surface area contributed by atoms with E-state index in [1.54, 1.807) is 28.8 Å². The van der Waals surface area contributed by atoms with E-state index in [1.807, 2.05) is 6.92 Å². The first-order valence-corrected chi connectivity index (χ1v) is 6.01. The number of carbonyl (C=O) groups is 2. The van der Waals surface area contributed by atoms with E-state index in [0.29, 0.717) is 6.54 Å². The molecule has 114 valence electrons. The molecule has 1 heterocycles. The van der Waals surface area contributed by atoms with E-state index in [9.17, 15) is 18.0 Å². The van der Waals surface area contributed by atoms with Gasteiger partial charge >= 0.3 is 18.1 Å². The summed E-state index contributed by atoms with van der Waals surface area (Å²) in [5.74, 6) is -3.56. The van der Waals surface area contributed by atoms with Crippen molar-refractivity contribution in [1.82, 2.24) is 9.88 Å². The molecule has 0 aromatic carbocycles. The van der Waals surface area contributed by atoms with Gasteiger partial charge in [-0.15, -0.1) is 11.3 Å². The Kier molecular flexibility index (Phi) is 7.14. The first-order chi connectivity index (χ1) is 9.04. The van der Waals surface area contributed by atoms with Crippen molar-refractivity contribution in [3.8, 4) is 0 Å². The van der Waals surface area contributed by atoms with E-state index < -0.39 is 18.1 Å². The average Bonchev–Trinajstić information content (AvgIpc) is 2.62. The lowest BCUT2D eigenvalue weighted by Gasteiger charge is -2.12. The van der Waals surface area contributed by atoms with Crippen LogP contribution in [0.15, 0.2) is 5.51 Å². The fourth-order valence-electron chi connectivity index (χ4n) is 1.01. The minimum Gasteiger partial charge on any atom is -0.480 e. The second-order valence-corrected chi connectivity index (χ2v) is 4.67. The molecule has 6 nitrogen and oxygen atoms in total. The minimum atomic E-state index is -5.08. The van der Waals surface area contributed by atoms with Gasteiger partial charge in [0.2, 0.25) is 0 Å². The second kappa shape index (κ2) is 7.80. The van der Waals surface area contributed by atoms with Crippen molar-refractivity contribution >= 4 is 23.3 Å². The van der Waals surface area contributed by atoms with Gasteiger partial charge in [0.15, 0.2) is 0 Å². The zero-order chi connectivity index (χ0) is 15.9. The number of aliphatic carboxylic acids is 2. The third kappa shape index (κ3) is 7.69. The number of carboxylic acids is 2. The lowest BCUT2D eigenvalue weighted by Crippen LogP contribution is -2.24. The molecule has 0 unspecified atom stereocenters. The summed E-state index contributed by atoms with van der Waals surface area (Å²) in [7, 11) is 1.78. The Morgan fingerprint density at radius 1 is 1.40 bits per heavy atom. The SMILES string of the molecule is Cc1ncsc1CN(C)CC(=O)O.O=C(O)C(F)(F)F. The molecule has 0 aliphatic rings. The zero-order valence-corrected chi connectivity index (χ0v) is 11.5. The Labute approximate surface area is 116 Å². The van der Waals surface area contributed by atoms with Crippen LogP contribution in [0.2, 0.25) is 0 Å². The fourth-order valence-corrected chi connectivity index (χ4v) is 1.87. The summed E-state index contributed by atoms with van der Waals surface area (Å²) in [6.45, 7) is 2.65. The molecule has 0 aliphatic carbocycles. The molecule has 0 radical (unpaired) electrons. The first kappa shape index (κ1) is 18.3. The summed E-state index contributed by atoms with van der Waals surface area (Å²) in [6.07, 6.45) is -5.08. The number of likely N-dealkylation sites (N-methyl/N-ethyl adjacent to an activating group) is 1. The summed E-state index contributed by atoms with van der Waals surface area (Å²) >= 11 is 1.56. The molecule has 1 aromatic heterocycles. The van der Waals surface area contributed by atoms with Gasteiger partial charge < -0.3 is 10.2 Å². The molecule has 0 saturated carbocycles. The van der Waals surface area contributed by atoms with Gasteiger partial charge in [-0.25, -0.2) is 9.78 Å². The van der Waals surface area contributed by atoms with Gasteiger partial charge in [-0.3, -0.25) is 9.69 Å². The average molecular weight is 314 g/mol. The molecule has 2 N–H and O–H groups in total. The van der Waals surface area contributed by atoms with E-state index in [4.69, 9.17) is 15.0 Å². The Morgan fingerprint density at radius 2 is 1.90 bits per heavy atom. The van der Waals surface area contributed by atoms with Crippen molar-refractivity contribution in [3.05, 3.63) is 16.1 Å².